The predicted octanol–water partition coefficient (Wildman–Crippen LogP) is 1.59. The van der Waals surface area contributed by atoms with Gasteiger partial charge >= 0.3 is 12.2 Å². The monoisotopic (exact) mass is 370 g/mol. The number of hydrogen-bond donors (Lipinski definition) is 4. The van der Waals surface area contributed by atoms with Gasteiger partial charge in [-0.2, -0.15) is 13.2 Å². The van der Waals surface area contributed by atoms with Crippen molar-refractivity contribution in [1.29, 1.82) is 0 Å². The first-order valence-electron chi connectivity index (χ1n) is 7.46. The van der Waals surface area contributed by atoms with Crippen LogP contribution in [0.1, 0.15) is 12.5 Å². The van der Waals surface area contributed by atoms with Crippen molar-refractivity contribution in [3.63, 3.8) is 0 Å². The maximum atomic E-state index is 12.9. The number of nitrogens with one attached hydrogen (secondary N) is 3. The minimum Gasteiger partial charge on any atom is -0.491 e. The Morgan fingerprint density at radius 3 is 2.65 bits per heavy atom. The zero-order chi connectivity index (χ0) is 19.5. The summed E-state index contributed by atoms with van der Waals surface area (Å²) in [5, 5.41) is 7.03. The summed E-state index contributed by atoms with van der Waals surface area (Å²) in [4.78, 5) is 23.6. The summed E-state index contributed by atoms with van der Waals surface area (Å²) in [6, 6.07) is 3.43. The molecule has 10 heteroatoms. The zero-order valence-corrected chi connectivity index (χ0v) is 13.7. The molecule has 2 rings (SSSR count). The minimum absolute atomic E-state index is 0.0439. The Bertz CT molecular complexity index is 774. The quantitative estimate of drug-likeness (QED) is 0.632. The minimum atomic E-state index is -4.55. The Hall–Kier alpha value is -3.17. The van der Waals surface area contributed by atoms with Crippen LogP contribution in [0.4, 0.5) is 18.0 Å². The molecular weight excluding hydrogens is 353 g/mol. The summed E-state index contributed by atoms with van der Waals surface area (Å²) in [5.74, 6) is -1.05. The third-order valence-electron chi connectivity index (χ3n) is 3.38. The van der Waals surface area contributed by atoms with Gasteiger partial charge in [-0.1, -0.05) is 18.7 Å². The van der Waals surface area contributed by atoms with Crippen LogP contribution in [0.5, 0.6) is 5.75 Å². The Balaban J connectivity index is 2.01. The number of urea groups is 1. The Morgan fingerprint density at radius 2 is 2.00 bits per heavy atom. The SMILES string of the molecule is C=C1NC(=O)NC(C(=O)N[C@H](C)COc2ccccc2C(F)(F)F)=C1N. The normalized spacial score (nSPS) is 15.8. The number of alkyl halides is 3. The van der Waals surface area contributed by atoms with E-state index in [1.54, 1.807) is 0 Å². The molecule has 0 aliphatic carbocycles. The van der Waals surface area contributed by atoms with E-state index >= 15 is 0 Å². The number of para-hydroxylation sites is 1. The van der Waals surface area contributed by atoms with Gasteiger partial charge in [0.1, 0.15) is 18.1 Å². The molecule has 140 valence electrons. The first kappa shape index (κ1) is 19.2. The van der Waals surface area contributed by atoms with Gasteiger partial charge in [0.2, 0.25) is 0 Å². The predicted molar refractivity (Wildman–Crippen MR) is 86.6 cm³/mol. The Morgan fingerprint density at radius 1 is 1.35 bits per heavy atom. The maximum Gasteiger partial charge on any atom is 0.419 e. The molecule has 0 fully saturated rings. The van der Waals surface area contributed by atoms with Gasteiger partial charge in [-0.3, -0.25) is 4.79 Å². The molecule has 1 aliphatic rings. The molecule has 0 saturated heterocycles. The summed E-state index contributed by atoms with van der Waals surface area (Å²) in [5.41, 5.74) is 4.60. The highest BCUT2D eigenvalue weighted by Gasteiger charge is 2.34. The molecule has 1 aromatic carbocycles. The molecule has 26 heavy (non-hydrogen) atoms. The van der Waals surface area contributed by atoms with Crippen molar-refractivity contribution in [2.24, 2.45) is 5.73 Å². The van der Waals surface area contributed by atoms with Crippen molar-refractivity contribution in [3.05, 3.63) is 53.5 Å². The highest BCUT2D eigenvalue weighted by atomic mass is 19.4. The lowest BCUT2D eigenvalue weighted by Crippen LogP contribution is -2.49. The largest absolute Gasteiger partial charge is 0.491 e. The van der Waals surface area contributed by atoms with Crippen LogP contribution in [0.3, 0.4) is 0 Å². The number of amides is 3. The number of carbonyl (C=O) groups is 2. The molecule has 1 aromatic rings. The molecule has 5 N–H and O–H groups in total. The highest BCUT2D eigenvalue weighted by Crippen LogP contribution is 2.35. The molecule has 3 amide bonds. The fourth-order valence-electron chi connectivity index (χ4n) is 2.13. The summed E-state index contributed by atoms with van der Waals surface area (Å²) in [7, 11) is 0. The van der Waals surface area contributed by atoms with E-state index in [1.807, 2.05) is 0 Å². The Labute approximate surface area is 147 Å². The van der Waals surface area contributed by atoms with E-state index < -0.39 is 29.7 Å². The molecule has 0 bridgehead atoms. The fraction of sp³-hybridized carbons (Fsp3) is 0.250. The van der Waals surface area contributed by atoms with E-state index in [0.717, 1.165) is 6.07 Å². The first-order valence-corrected chi connectivity index (χ1v) is 7.46. The number of halogens is 3. The van der Waals surface area contributed by atoms with Crippen molar-refractivity contribution in [2.75, 3.05) is 6.61 Å². The third-order valence-corrected chi connectivity index (χ3v) is 3.38. The van der Waals surface area contributed by atoms with E-state index in [9.17, 15) is 22.8 Å². The molecule has 1 aliphatic heterocycles. The van der Waals surface area contributed by atoms with Crippen molar-refractivity contribution >= 4 is 11.9 Å². The third kappa shape index (κ3) is 4.47. The smallest absolute Gasteiger partial charge is 0.419 e. The average Bonchev–Trinajstić information content (AvgIpc) is 2.55. The van der Waals surface area contributed by atoms with Crippen LogP contribution in [0.15, 0.2) is 47.9 Å². The average molecular weight is 370 g/mol. The van der Waals surface area contributed by atoms with Gasteiger partial charge in [0.05, 0.1) is 23.0 Å². The topological polar surface area (TPSA) is 105 Å². The van der Waals surface area contributed by atoms with Gasteiger partial charge in [0.25, 0.3) is 5.91 Å². The second-order valence-corrected chi connectivity index (χ2v) is 5.53. The Kier molecular flexibility index (Phi) is 5.44. The van der Waals surface area contributed by atoms with Gasteiger partial charge in [0, 0.05) is 0 Å². The van der Waals surface area contributed by atoms with Crippen molar-refractivity contribution in [3.8, 4) is 5.75 Å². The molecule has 1 heterocycles. The number of ether oxygens (including phenoxy) is 1. The summed E-state index contributed by atoms with van der Waals surface area (Å²) in [6.45, 7) is 4.81. The zero-order valence-electron chi connectivity index (χ0n) is 13.7. The fourth-order valence-corrected chi connectivity index (χ4v) is 2.13. The van der Waals surface area contributed by atoms with Crippen LogP contribution in [-0.2, 0) is 11.0 Å². The second-order valence-electron chi connectivity index (χ2n) is 5.53. The number of hydrogen-bond acceptors (Lipinski definition) is 4. The van der Waals surface area contributed by atoms with Crippen molar-refractivity contribution in [2.45, 2.75) is 19.1 Å². The summed E-state index contributed by atoms with van der Waals surface area (Å²) in [6.07, 6.45) is -4.55. The second kappa shape index (κ2) is 7.38. The molecule has 0 radical (unpaired) electrons. The van der Waals surface area contributed by atoms with E-state index in [2.05, 4.69) is 22.5 Å². The molecule has 0 spiro atoms. The van der Waals surface area contributed by atoms with Crippen LogP contribution in [0.2, 0.25) is 0 Å². The van der Waals surface area contributed by atoms with Gasteiger partial charge in [0.15, 0.2) is 0 Å². The van der Waals surface area contributed by atoms with Gasteiger partial charge in [-0.25, -0.2) is 4.79 Å². The summed E-state index contributed by atoms with van der Waals surface area (Å²) >= 11 is 0. The maximum absolute atomic E-state index is 12.9. The number of carbonyl (C=O) groups excluding carboxylic acids is 2. The lowest BCUT2D eigenvalue weighted by atomic mass is 10.2. The number of nitrogens with two attached hydrogens (primary N) is 1. The molecule has 0 unspecified atom stereocenters. The lowest BCUT2D eigenvalue weighted by molar-refractivity contribution is -0.139. The van der Waals surface area contributed by atoms with Crippen molar-refractivity contribution < 1.29 is 27.5 Å². The van der Waals surface area contributed by atoms with Crippen LogP contribution in [0, 0.1) is 0 Å². The van der Waals surface area contributed by atoms with Crippen molar-refractivity contribution in [1.82, 2.24) is 16.0 Å². The van der Waals surface area contributed by atoms with Crippen LogP contribution < -0.4 is 26.4 Å². The summed E-state index contributed by atoms with van der Waals surface area (Å²) < 4.78 is 43.9. The number of rotatable bonds is 5. The molecule has 7 nitrogen and oxygen atoms in total. The van der Waals surface area contributed by atoms with E-state index in [1.165, 1.54) is 25.1 Å². The number of benzene rings is 1. The van der Waals surface area contributed by atoms with Crippen LogP contribution >= 0.6 is 0 Å². The molecule has 1 atom stereocenters. The van der Waals surface area contributed by atoms with Gasteiger partial charge in [-0.05, 0) is 19.1 Å². The van der Waals surface area contributed by atoms with E-state index in [0.29, 0.717) is 0 Å². The van der Waals surface area contributed by atoms with E-state index in [4.69, 9.17) is 10.5 Å². The van der Waals surface area contributed by atoms with Crippen LogP contribution in [-0.4, -0.2) is 24.6 Å². The molecule has 0 saturated carbocycles. The van der Waals surface area contributed by atoms with Gasteiger partial charge < -0.3 is 26.4 Å². The molecule has 0 aromatic heterocycles. The highest BCUT2D eigenvalue weighted by molar-refractivity contribution is 6.00. The van der Waals surface area contributed by atoms with Gasteiger partial charge in [-0.15, -0.1) is 0 Å². The lowest BCUT2D eigenvalue weighted by Gasteiger charge is -2.23. The first-order chi connectivity index (χ1) is 12.1. The standard InChI is InChI=1S/C16H17F3N4O3/c1-8(7-26-11-6-4-3-5-10(11)16(17,18)19)21-14(24)13-12(20)9(2)22-15(25)23-13/h3-6,8H,2,7,20H2,1H3,(H,21,24)(H2,22,23,25)/t8-/m1/s1. The van der Waals surface area contributed by atoms with Crippen LogP contribution in [0.25, 0.3) is 0 Å². The molecular formula is C16H17F3N4O3. The van der Waals surface area contributed by atoms with E-state index in [-0.39, 0.29) is 29.4 Å².